The highest BCUT2D eigenvalue weighted by molar-refractivity contribution is 5.75. The number of methoxy groups -OCH3 is 1. The van der Waals surface area contributed by atoms with Gasteiger partial charge in [0.1, 0.15) is 0 Å². The molecule has 0 aromatic carbocycles. The Morgan fingerprint density at radius 1 is 1.39 bits per heavy atom. The molecule has 0 aliphatic heterocycles. The molecule has 1 amide bonds. The number of ether oxygens (including phenoxy) is 1. The van der Waals surface area contributed by atoms with Gasteiger partial charge in [-0.1, -0.05) is 32.1 Å². The maximum absolute atomic E-state index is 11.9. The lowest BCUT2D eigenvalue weighted by atomic mass is 9.86. The molecule has 1 unspecified atom stereocenters. The summed E-state index contributed by atoms with van der Waals surface area (Å²) in [4.78, 5) is 13.5. The number of aliphatic hydroxyl groups excluding tert-OH is 1. The van der Waals surface area contributed by atoms with Gasteiger partial charge in [0.25, 0.3) is 0 Å². The third-order valence-electron chi connectivity index (χ3n) is 3.76. The van der Waals surface area contributed by atoms with Crippen molar-refractivity contribution >= 4 is 5.91 Å². The summed E-state index contributed by atoms with van der Waals surface area (Å²) in [6, 6.07) is 0. The van der Waals surface area contributed by atoms with E-state index >= 15 is 0 Å². The average molecular weight is 257 g/mol. The van der Waals surface area contributed by atoms with Crippen LogP contribution in [-0.2, 0) is 9.53 Å². The first-order valence-electron chi connectivity index (χ1n) is 7.04. The fraction of sp³-hybridized carbons (Fsp3) is 0.929. The van der Waals surface area contributed by atoms with Gasteiger partial charge in [0, 0.05) is 27.1 Å². The molecule has 4 nitrogen and oxygen atoms in total. The molecule has 0 spiro atoms. The van der Waals surface area contributed by atoms with E-state index in [-0.39, 0.29) is 12.5 Å². The first-order valence-corrected chi connectivity index (χ1v) is 7.04. The van der Waals surface area contributed by atoms with Crippen molar-refractivity contribution in [3.63, 3.8) is 0 Å². The van der Waals surface area contributed by atoms with Crippen molar-refractivity contribution in [2.24, 2.45) is 5.92 Å². The third-order valence-corrected chi connectivity index (χ3v) is 3.76. The van der Waals surface area contributed by atoms with Gasteiger partial charge >= 0.3 is 0 Å². The van der Waals surface area contributed by atoms with Gasteiger partial charge in [-0.3, -0.25) is 4.79 Å². The number of amides is 1. The Bertz CT molecular complexity index is 239. The van der Waals surface area contributed by atoms with Crippen LogP contribution in [0, 0.1) is 5.92 Å². The zero-order valence-electron chi connectivity index (χ0n) is 11.7. The molecule has 0 aromatic rings. The molecule has 4 heteroatoms. The highest BCUT2D eigenvalue weighted by Crippen LogP contribution is 2.27. The lowest BCUT2D eigenvalue weighted by Gasteiger charge is -2.24. The van der Waals surface area contributed by atoms with E-state index < -0.39 is 6.10 Å². The number of hydrogen-bond acceptors (Lipinski definition) is 3. The Balaban J connectivity index is 2.18. The number of hydrogen-bond donors (Lipinski definition) is 1. The van der Waals surface area contributed by atoms with Crippen molar-refractivity contribution in [2.45, 2.75) is 51.0 Å². The number of carbonyl (C=O) groups excluding carboxylic acids is 1. The Kier molecular flexibility index (Phi) is 7.28. The zero-order chi connectivity index (χ0) is 13.4. The molecule has 0 heterocycles. The molecule has 0 bridgehead atoms. The van der Waals surface area contributed by atoms with E-state index in [0.717, 1.165) is 12.3 Å². The van der Waals surface area contributed by atoms with Gasteiger partial charge in [-0.05, 0) is 12.3 Å². The van der Waals surface area contributed by atoms with Crippen molar-refractivity contribution < 1.29 is 14.6 Å². The fourth-order valence-electron chi connectivity index (χ4n) is 2.66. The Morgan fingerprint density at radius 3 is 2.67 bits per heavy atom. The summed E-state index contributed by atoms with van der Waals surface area (Å²) >= 11 is 0. The molecule has 1 atom stereocenters. The summed E-state index contributed by atoms with van der Waals surface area (Å²) in [5.41, 5.74) is 0. The van der Waals surface area contributed by atoms with Crippen molar-refractivity contribution in [3.05, 3.63) is 0 Å². The molecule has 1 saturated carbocycles. The van der Waals surface area contributed by atoms with Gasteiger partial charge in [0.15, 0.2) is 0 Å². The van der Waals surface area contributed by atoms with Crippen LogP contribution in [0.4, 0.5) is 0 Å². The monoisotopic (exact) mass is 257 g/mol. The number of likely N-dealkylation sites (N-methyl/N-ethyl adjacent to an activating group) is 1. The molecule has 1 fully saturated rings. The van der Waals surface area contributed by atoms with Crippen LogP contribution in [0.25, 0.3) is 0 Å². The van der Waals surface area contributed by atoms with Crippen molar-refractivity contribution in [2.75, 3.05) is 27.3 Å². The van der Waals surface area contributed by atoms with Gasteiger partial charge in [0.05, 0.1) is 12.7 Å². The Labute approximate surface area is 110 Å². The first kappa shape index (κ1) is 15.4. The second-order valence-electron chi connectivity index (χ2n) is 5.43. The van der Waals surface area contributed by atoms with Crippen molar-refractivity contribution in [3.8, 4) is 0 Å². The molecule has 0 aromatic heterocycles. The van der Waals surface area contributed by atoms with Crippen LogP contribution in [-0.4, -0.2) is 49.3 Å². The van der Waals surface area contributed by atoms with Gasteiger partial charge < -0.3 is 14.7 Å². The van der Waals surface area contributed by atoms with Gasteiger partial charge in [-0.15, -0.1) is 0 Å². The van der Waals surface area contributed by atoms with E-state index in [4.69, 9.17) is 4.74 Å². The quantitative estimate of drug-likeness (QED) is 0.757. The number of aliphatic hydroxyl groups is 1. The predicted molar refractivity (Wildman–Crippen MR) is 71.3 cm³/mol. The topological polar surface area (TPSA) is 49.8 Å². The molecule has 1 aliphatic carbocycles. The maximum atomic E-state index is 11.9. The second-order valence-corrected chi connectivity index (χ2v) is 5.43. The van der Waals surface area contributed by atoms with E-state index in [1.165, 1.54) is 32.1 Å². The highest BCUT2D eigenvalue weighted by atomic mass is 16.5. The summed E-state index contributed by atoms with van der Waals surface area (Å²) in [6.07, 6.45) is 7.59. The number of nitrogens with zero attached hydrogens (tertiary/aromatic N) is 1. The van der Waals surface area contributed by atoms with E-state index in [1.54, 1.807) is 19.1 Å². The summed E-state index contributed by atoms with van der Waals surface area (Å²) in [5, 5.41) is 9.57. The maximum Gasteiger partial charge on any atom is 0.222 e. The van der Waals surface area contributed by atoms with Crippen molar-refractivity contribution in [1.82, 2.24) is 4.90 Å². The molecular weight excluding hydrogens is 230 g/mol. The van der Waals surface area contributed by atoms with Crippen LogP contribution in [0.5, 0.6) is 0 Å². The molecule has 18 heavy (non-hydrogen) atoms. The van der Waals surface area contributed by atoms with Crippen LogP contribution in [0.15, 0.2) is 0 Å². The summed E-state index contributed by atoms with van der Waals surface area (Å²) < 4.78 is 4.85. The SMILES string of the molecule is COCC(O)CN(C)C(=O)CCC1CCCCC1. The minimum atomic E-state index is -0.585. The standard InChI is InChI=1S/C14H27NO3/c1-15(10-13(16)11-18-2)14(17)9-8-12-6-4-3-5-7-12/h12-13,16H,3-11H2,1-2H3. The second kappa shape index (κ2) is 8.48. The van der Waals surface area contributed by atoms with Crippen LogP contribution in [0.2, 0.25) is 0 Å². The smallest absolute Gasteiger partial charge is 0.222 e. The summed E-state index contributed by atoms with van der Waals surface area (Å²) in [6.45, 7) is 0.636. The molecular formula is C14H27NO3. The number of carbonyl (C=O) groups is 1. The van der Waals surface area contributed by atoms with E-state index in [9.17, 15) is 9.90 Å². The lowest BCUT2D eigenvalue weighted by molar-refractivity contribution is -0.132. The normalized spacial score (nSPS) is 18.6. The lowest BCUT2D eigenvalue weighted by Crippen LogP contribution is -2.36. The van der Waals surface area contributed by atoms with E-state index in [1.807, 2.05) is 0 Å². The largest absolute Gasteiger partial charge is 0.389 e. The minimum Gasteiger partial charge on any atom is -0.389 e. The minimum absolute atomic E-state index is 0.135. The molecule has 0 saturated heterocycles. The van der Waals surface area contributed by atoms with Crippen LogP contribution >= 0.6 is 0 Å². The average Bonchev–Trinajstić information content (AvgIpc) is 2.37. The van der Waals surface area contributed by atoms with Crippen LogP contribution in [0.3, 0.4) is 0 Å². The highest BCUT2D eigenvalue weighted by Gasteiger charge is 2.17. The molecule has 1 rings (SSSR count). The van der Waals surface area contributed by atoms with E-state index in [2.05, 4.69) is 0 Å². The molecule has 1 aliphatic rings. The molecule has 106 valence electrons. The third kappa shape index (κ3) is 5.83. The Hall–Kier alpha value is -0.610. The van der Waals surface area contributed by atoms with Crippen LogP contribution in [0.1, 0.15) is 44.9 Å². The van der Waals surface area contributed by atoms with Gasteiger partial charge in [-0.2, -0.15) is 0 Å². The first-order chi connectivity index (χ1) is 8.63. The fourth-order valence-corrected chi connectivity index (χ4v) is 2.66. The van der Waals surface area contributed by atoms with Crippen molar-refractivity contribution in [1.29, 1.82) is 0 Å². The number of rotatable bonds is 7. The molecule has 1 N–H and O–H groups in total. The predicted octanol–water partition coefficient (Wildman–Crippen LogP) is 1.81. The van der Waals surface area contributed by atoms with Crippen LogP contribution < -0.4 is 0 Å². The zero-order valence-corrected chi connectivity index (χ0v) is 11.7. The van der Waals surface area contributed by atoms with Gasteiger partial charge in [0.2, 0.25) is 5.91 Å². The van der Waals surface area contributed by atoms with Gasteiger partial charge in [-0.25, -0.2) is 0 Å². The summed E-state index contributed by atoms with van der Waals surface area (Å²) in [7, 11) is 3.30. The van der Waals surface area contributed by atoms with E-state index in [0.29, 0.717) is 13.0 Å². The molecule has 0 radical (unpaired) electrons. The summed E-state index contributed by atoms with van der Waals surface area (Å²) in [5.74, 6) is 0.871. The Morgan fingerprint density at radius 2 is 2.06 bits per heavy atom.